The number of hydrogen-bond donors (Lipinski definition) is 4. The van der Waals surface area contributed by atoms with Gasteiger partial charge in [0.1, 0.15) is 11.5 Å². The van der Waals surface area contributed by atoms with Crippen LogP contribution in [0.4, 0.5) is 5.69 Å². The quantitative estimate of drug-likeness (QED) is 0.154. The second-order valence-corrected chi connectivity index (χ2v) is 12.5. The largest absolute Gasteiger partial charge is 0.507 e. The van der Waals surface area contributed by atoms with Crippen molar-refractivity contribution in [3.8, 4) is 11.5 Å². The number of amides is 1. The number of carbonyl (C=O) groups excluding carboxylic acids is 2. The molecule has 4 aromatic carbocycles. The topological polar surface area (TPSA) is 206 Å². The summed E-state index contributed by atoms with van der Waals surface area (Å²) in [5, 5.41) is 14.2. The number of esters is 1. The van der Waals surface area contributed by atoms with Crippen molar-refractivity contribution in [3.05, 3.63) is 78.4 Å². The first kappa shape index (κ1) is 30.6. The van der Waals surface area contributed by atoms with Crippen LogP contribution in [0.3, 0.4) is 0 Å². The number of nitrogens with zero attached hydrogens (tertiary/aromatic N) is 1. The number of hydrogen-bond acceptors (Lipinski definition) is 10. The number of nitrogens with one attached hydrogen (secondary N) is 1. The van der Waals surface area contributed by atoms with Crippen LogP contribution in [0.2, 0.25) is 0 Å². The molecule has 4 aromatic rings. The minimum atomic E-state index is -4.68. The molecule has 4 N–H and O–H groups in total. The first-order chi connectivity index (χ1) is 20.7. The fraction of sp³-hybridized carbons (Fsp3) is 0.138. The number of benzene rings is 4. The van der Waals surface area contributed by atoms with Crippen LogP contribution in [0.1, 0.15) is 12.5 Å². The molecule has 1 aliphatic heterocycles. The van der Waals surface area contributed by atoms with Crippen molar-refractivity contribution in [2.75, 3.05) is 18.5 Å². The van der Waals surface area contributed by atoms with Gasteiger partial charge in [-0.2, -0.15) is 16.8 Å². The van der Waals surface area contributed by atoms with Gasteiger partial charge in [-0.25, -0.2) is 4.79 Å². The summed E-state index contributed by atoms with van der Waals surface area (Å²) >= 11 is 0. The van der Waals surface area contributed by atoms with Gasteiger partial charge in [0.05, 0.1) is 16.4 Å². The number of anilines is 1. The van der Waals surface area contributed by atoms with Crippen molar-refractivity contribution in [1.29, 1.82) is 0 Å². The van der Waals surface area contributed by atoms with Crippen molar-refractivity contribution in [2.45, 2.75) is 22.3 Å². The van der Waals surface area contributed by atoms with E-state index in [-0.39, 0.29) is 34.2 Å². The zero-order valence-corrected chi connectivity index (χ0v) is 24.4. The fourth-order valence-electron chi connectivity index (χ4n) is 4.75. The summed E-state index contributed by atoms with van der Waals surface area (Å²) in [4.78, 5) is 28.9. The third-order valence-corrected chi connectivity index (χ3v) is 8.45. The Balaban J connectivity index is 1.52. The molecular weight excluding hydrogens is 616 g/mol. The summed E-state index contributed by atoms with van der Waals surface area (Å²) in [6.45, 7) is 1.22. The molecule has 1 aliphatic rings. The van der Waals surface area contributed by atoms with Crippen LogP contribution in [0.5, 0.6) is 11.5 Å². The molecular formula is C29H24N2O11S2. The molecule has 13 nitrogen and oxygen atoms in total. The Morgan fingerprint density at radius 2 is 1.55 bits per heavy atom. The first-order valence-corrected chi connectivity index (χ1v) is 15.7. The maximum absolute atomic E-state index is 13.8. The number of phenolic OH excluding ortho intramolecular Hbond substituents is 1. The molecule has 0 saturated heterocycles. The SMILES string of the molecule is CCOC(=O)COc1cc(S(=O)(=O)O)cc2cc(NC(=O)C3(c4ccc5c(O)cc(S(=O)(=O)O)cc5c4)C=CC=N3)ccc12. The van der Waals surface area contributed by atoms with E-state index in [0.29, 0.717) is 10.9 Å². The van der Waals surface area contributed by atoms with Crippen molar-refractivity contribution in [2.24, 2.45) is 4.99 Å². The predicted molar refractivity (Wildman–Crippen MR) is 159 cm³/mol. The highest BCUT2D eigenvalue weighted by Crippen LogP contribution is 2.37. The Kier molecular flexibility index (Phi) is 7.90. The number of fused-ring (bicyclic) bond motifs is 2. The Morgan fingerprint density at radius 1 is 0.886 bits per heavy atom. The van der Waals surface area contributed by atoms with E-state index in [2.05, 4.69) is 10.3 Å². The van der Waals surface area contributed by atoms with Crippen LogP contribution in [-0.2, 0) is 40.1 Å². The lowest BCUT2D eigenvalue weighted by Crippen LogP contribution is -2.36. The Labute approximate surface area is 250 Å². The van der Waals surface area contributed by atoms with Gasteiger partial charge in [0, 0.05) is 34.8 Å². The summed E-state index contributed by atoms with van der Waals surface area (Å²) in [6.07, 6.45) is 4.46. The third-order valence-electron chi connectivity index (χ3n) is 6.78. The number of ether oxygens (including phenoxy) is 2. The highest BCUT2D eigenvalue weighted by molar-refractivity contribution is 7.86. The maximum Gasteiger partial charge on any atom is 0.344 e. The predicted octanol–water partition coefficient (Wildman–Crippen LogP) is 3.61. The van der Waals surface area contributed by atoms with E-state index in [4.69, 9.17) is 9.47 Å². The van der Waals surface area contributed by atoms with E-state index in [9.17, 15) is 40.6 Å². The van der Waals surface area contributed by atoms with E-state index < -0.39 is 59.8 Å². The Bertz CT molecular complexity index is 2110. The van der Waals surface area contributed by atoms with Crippen molar-refractivity contribution < 1.29 is 50.1 Å². The lowest BCUT2D eigenvalue weighted by molar-refractivity contribution is -0.145. The molecule has 5 rings (SSSR count). The summed E-state index contributed by atoms with van der Waals surface area (Å²) in [5.74, 6) is -1.74. The van der Waals surface area contributed by atoms with E-state index >= 15 is 0 Å². The first-order valence-electron chi connectivity index (χ1n) is 12.8. The summed E-state index contributed by atoms with van der Waals surface area (Å²) < 4.78 is 76.8. The van der Waals surface area contributed by atoms with Crippen LogP contribution < -0.4 is 10.1 Å². The summed E-state index contributed by atoms with van der Waals surface area (Å²) in [7, 11) is -9.31. The average Bonchev–Trinajstić information content (AvgIpc) is 3.46. The molecule has 0 aromatic heterocycles. The van der Waals surface area contributed by atoms with Crippen LogP contribution >= 0.6 is 0 Å². The van der Waals surface area contributed by atoms with Gasteiger partial charge in [-0.15, -0.1) is 0 Å². The molecule has 0 spiro atoms. The van der Waals surface area contributed by atoms with Crippen molar-refractivity contribution in [1.82, 2.24) is 0 Å². The number of allylic oxidation sites excluding steroid dienone is 1. The standard InChI is InChI=1S/C29H24N2O11S2/c1-2-41-27(33)16-42-26-15-22(44(38,39)40)13-18-11-20(5-7-24(18)26)31-28(34)29(8-3-9-30-29)19-4-6-23-17(10-19)12-21(14-25(23)32)43(35,36)37/h3-15,32H,2,16H2,1H3,(H,31,34)(H,35,36,37)(H,38,39,40). The van der Waals surface area contributed by atoms with Gasteiger partial charge in [-0.05, 0) is 71.8 Å². The molecule has 0 bridgehead atoms. The smallest absolute Gasteiger partial charge is 0.344 e. The van der Waals surface area contributed by atoms with Crippen LogP contribution in [0, 0.1) is 0 Å². The molecule has 228 valence electrons. The maximum atomic E-state index is 13.8. The van der Waals surface area contributed by atoms with E-state index in [1.807, 2.05) is 0 Å². The van der Waals surface area contributed by atoms with Gasteiger partial charge in [0.15, 0.2) is 12.1 Å². The Morgan fingerprint density at radius 3 is 2.18 bits per heavy atom. The summed E-state index contributed by atoms with van der Waals surface area (Å²) in [5.41, 5.74) is -1.09. The van der Waals surface area contributed by atoms with E-state index in [1.165, 1.54) is 54.8 Å². The minimum Gasteiger partial charge on any atom is -0.507 e. The molecule has 0 saturated carbocycles. The van der Waals surface area contributed by atoms with Crippen LogP contribution in [-0.4, -0.2) is 62.4 Å². The normalized spacial score (nSPS) is 16.3. The monoisotopic (exact) mass is 640 g/mol. The van der Waals surface area contributed by atoms with E-state index in [1.54, 1.807) is 13.0 Å². The summed E-state index contributed by atoms with van der Waals surface area (Å²) in [6, 6.07) is 13.2. The van der Waals surface area contributed by atoms with Crippen molar-refractivity contribution >= 4 is 65.6 Å². The average molecular weight is 641 g/mol. The van der Waals surface area contributed by atoms with Gasteiger partial charge < -0.3 is 19.9 Å². The lowest BCUT2D eigenvalue weighted by atomic mass is 9.88. The molecule has 0 radical (unpaired) electrons. The second kappa shape index (κ2) is 11.3. The number of phenols is 1. The zero-order valence-electron chi connectivity index (χ0n) is 22.8. The highest BCUT2D eigenvalue weighted by atomic mass is 32.2. The number of aliphatic imine (C=N–C) groups is 1. The number of carbonyl (C=O) groups is 2. The van der Waals surface area contributed by atoms with Crippen LogP contribution in [0.25, 0.3) is 21.5 Å². The molecule has 1 amide bonds. The van der Waals surface area contributed by atoms with Gasteiger partial charge in [0.2, 0.25) is 0 Å². The minimum absolute atomic E-state index is 0.0236. The fourth-order valence-corrected chi connectivity index (χ4v) is 5.82. The third kappa shape index (κ3) is 5.98. The van der Waals surface area contributed by atoms with Gasteiger partial charge >= 0.3 is 5.97 Å². The van der Waals surface area contributed by atoms with Gasteiger partial charge in [-0.3, -0.25) is 18.9 Å². The van der Waals surface area contributed by atoms with Gasteiger partial charge in [-0.1, -0.05) is 12.1 Å². The second-order valence-electron chi connectivity index (χ2n) is 9.64. The molecule has 15 heteroatoms. The molecule has 1 heterocycles. The lowest BCUT2D eigenvalue weighted by Gasteiger charge is -2.24. The number of aromatic hydroxyl groups is 1. The Hall–Kier alpha value is -4.83. The highest BCUT2D eigenvalue weighted by Gasteiger charge is 2.39. The molecule has 0 fully saturated rings. The zero-order chi connectivity index (χ0) is 31.9. The molecule has 1 unspecified atom stereocenters. The van der Waals surface area contributed by atoms with Crippen molar-refractivity contribution in [3.63, 3.8) is 0 Å². The number of rotatable bonds is 9. The molecule has 0 aliphatic carbocycles. The molecule has 44 heavy (non-hydrogen) atoms. The van der Waals surface area contributed by atoms with Gasteiger partial charge in [0.25, 0.3) is 26.1 Å². The molecule has 1 atom stereocenters. The van der Waals surface area contributed by atoms with Crippen LogP contribution in [0.15, 0.2) is 87.6 Å². The van der Waals surface area contributed by atoms with E-state index in [0.717, 1.165) is 18.2 Å².